The van der Waals surface area contributed by atoms with Gasteiger partial charge in [-0.1, -0.05) is 6.92 Å². The van der Waals surface area contributed by atoms with Crippen molar-refractivity contribution in [2.24, 2.45) is 4.99 Å². The summed E-state index contributed by atoms with van der Waals surface area (Å²) in [6.45, 7) is 3.81. The summed E-state index contributed by atoms with van der Waals surface area (Å²) < 4.78 is 4.69. The van der Waals surface area contributed by atoms with E-state index in [2.05, 4.69) is 4.99 Å². The third-order valence-electron chi connectivity index (χ3n) is 1.42. The molecule has 11 heavy (non-hydrogen) atoms. The summed E-state index contributed by atoms with van der Waals surface area (Å²) in [5.41, 5.74) is 0.859. The largest absolute Gasteiger partial charge is 0.449 e. The Morgan fingerprint density at radius 2 is 2.27 bits per heavy atom. The molecule has 0 heterocycles. The van der Waals surface area contributed by atoms with Crippen molar-refractivity contribution in [3.05, 3.63) is 0 Å². The molecule has 0 aliphatic rings. The minimum absolute atomic E-state index is 0.149. The van der Waals surface area contributed by atoms with Gasteiger partial charge in [0.1, 0.15) is 6.10 Å². The Kier molecular flexibility index (Phi) is 5.45. The highest BCUT2D eigenvalue weighted by Gasteiger charge is 2.12. The molecule has 0 aromatic heterocycles. The van der Waals surface area contributed by atoms with E-state index in [0.29, 0.717) is 0 Å². The minimum atomic E-state index is -0.280. The van der Waals surface area contributed by atoms with Crippen molar-refractivity contribution in [3.8, 4) is 0 Å². The average molecular weight is 269 g/mol. The third kappa shape index (κ3) is 4.34. The van der Waals surface area contributed by atoms with Gasteiger partial charge in [0.2, 0.25) is 0 Å². The van der Waals surface area contributed by atoms with E-state index in [-0.39, 0.29) is 10.1 Å². The number of halogens is 1. The van der Waals surface area contributed by atoms with E-state index < -0.39 is 0 Å². The van der Waals surface area contributed by atoms with E-state index in [1.807, 2.05) is 13.8 Å². The van der Waals surface area contributed by atoms with Gasteiger partial charge in [-0.15, -0.1) is 0 Å². The first kappa shape index (κ1) is 10.9. The van der Waals surface area contributed by atoms with Gasteiger partial charge in [0.15, 0.2) is 0 Å². The van der Waals surface area contributed by atoms with Gasteiger partial charge in [-0.3, -0.25) is 4.99 Å². The molecule has 0 aliphatic carbocycles. The Morgan fingerprint density at radius 3 is 2.55 bits per heavy atom. The van der Waals surface area contributed by atoms with Crippen LogP contribution in [-0.2, 0) is 4.74 Å². The quantitative estimate of drug-likeness (QED) is 0.448. The van der Waals surface area contributed by atoms with Crippen molar-refractivity contribution < 1.29 is 9.53 Å². The molecule has 0 aromatic rings. The fourth-order valence-corrected chi connectivity index (χ4v) is 1.03. The molecule has 0 spiro atoms. The molecule has 0 fully saturated rings. The Balaban J connectivity index is 4.06. The maximum Gasteiger partial charge on any atom is 0.367 e. The minimum Gasteiger partial charge on any atom is -0.449 e. The zero-order chi connectivity index (χ0) is 8.85. The van der Waals surface area contributed by atoms with Gasteiger partial charge >= 0.3 is 3.98 Å². The van der Waals surface area contributed by atoms with Crippen molar-refractivity contribution in [1.29, 1.82) is 0 Å². The Bertz CT molecular complexity index is 168. The van der Waals surface area contributed by atoms with Crippen LogP contribution in [0.4, 0.5) is 4.79 Å². The maximum atomic E-state index is 10.5. The van der Waals surface area contributed by atoms with Crippen molar-refractivity contribution >= 4 is 32.3 Å². The Morgan fingerprint density at radius 1 is 1.73 bits per heavy atom. The number of hydrogen-bond donors (Lipinski definition) is 0. The van der Waals surface area contributed by atoms with E-state index in [1.54, 1.807) is 29.6 Å². The first-order valence-corrected chi connectivity index (χ1v) is 4.49. The van der Waals surface area contributed by atoms with Crippen LogP contribution in [0.5, 0.6) is 0 Å². The highest BCUT2D eigenvalue weighted by molar-refractivity contribution is 14.1. The number of ether oxygens (including phenoxy) is 1. The highest BCUT2D eigenvalue weighted by Crippen LogP contribution is 2.05. The van der Waals surface area contributed by atoms with Crippen LogP contribution >= 0.6 is 22.6 Å². The van der Waals surface area contributed by atoms with Crippen LogP contribution in [-0.4, -0.2) is 22.8 Å². The van der Waals surface area contributed by atoms with E-state index >= 15 is 0 Å². The predicted molar refractivity (Wildman–Crippen MR) is 53.6 cm³/mol. The molecule has 0 N–H and O–H groups in total. The normalized spacial score (nSPS) is 14.4. The lowest BCUT2D eigenvalue weighted by atomic mass is 10.2. The second kappa shape index (κ2) is 5.51. The third-order valence-corrected chi connectivity index (χ3v) is 1.68. The molecule has 1 unspecified atom stereocenters. The van der Waals surface area contributed by atoms with E-state index in [0.717, 1.165) is 12.1 Å². The van der Waals surface area contributed by atoms with Crippen molar-refractivity contribution in [2.45, 2.75) is 26.4 Å². The van der Waals surface area contributed by atoms with Gasteiger partial charge in [-0.2, -0.15) is 0 Å². The average Bonchev–Trinajstić information content (AvgIpc) is 1.98. The summed E-state index contributed by atoms with van der Waals surface area (Å²) >= 11 is 1.61. The van der Waals surface area contributed by atoms with Crippen LogP contribution in [0.15, 0.2) is 4.99 Å². The van der Waals surface area contributed by atoms with Crippen molar-refractivity contribution in [2.75, 3.05) is 7.05 Å². The van der Waals surface area contributed by atoms with Crippen LogP contribution in [0.3, 0.4) is 0 Å². The zero-order valence-electron chi connectivity index (χ0n) is 6.93. The number of nitrogens with zero attached hydrogens (tertiary/aromatic N) is 1. The number of hydrogen-bond acceptors (Lipinski definition) is 3. The monoisotopic (exact) mass is 269 g/mol. The molecule has 0 radical (unpaired) electrons. The zero-order valence-corrected chi connectivity index (χ0v) is 9.08. The van der Waals surface area contributed by atoms with E-state index in [9.17, 15) is 4.79 Å². The fraction of sp³-hybridized carbons (Fsp3) is 0.714. The summed E-state index contributed by atoms with van der Waals surface area (Å²) in [6.07, 6.45) is 0.627. The topological polar surface area (TPSA) is 38.7 Å². The van der Waals surface area contributed by atoms with Crippen LogP contribution in [0, 0.1) is 0 Å². The first-order valence-electron chi connectivity index (χ1n) is 3.41. The van der Waals surface area contributed by atoms with E-state index in [4.69, 9.17) is 4.74 Å². The molecular formula is C7H12INO2. The number of rotatable bonds is 3. The Labute approximate surface area is 80.4 Å². The van der Waals surface area contributed by atoms with Gasteiger partial charge in [-0.25, -0.2) is 4.79 Å². The standard InChI is InChI=1S/C7H12INO2/c1-4-6(5(2)9-3)11-7(8)10/h6H,4H2,1-3H3. The molecule has 0 saturated heterocycles. The smallest absolute Gasteiger partial charge is 0.367 e. The molecule has 0 bridgehead atoms. The molecule has 0 saturated carbocycles. The number of carbonyl (C=O) groups is 1. The summed E-state index contributed by atoms with van der Waals surface area (Å²) in [4.78, 5) is 14.5. The van der Waals surface area contributed by atoms with Gasteiger partial charge in [0.05, 0.1) is 22.6 Å². The highest BCUT2D eigenvalue weighted by atomic mass is 127. The van der Waals surface area contributed by atoms with Crippen molar-refractivity contribution in [3.63, 3.8) is 0 Å². The van der Waals surface area contributed by atoms with Crippen LogP contribution in [0.1, 0.15) is 20.3 Å². The molecule has 64 valence electrons. The van der Waals surface area contributed by atoms with E-state index in [1.165, 1.54) is 0 Å². The maximum absolute atomic E-state index is 10.5. The molecule has 0 aromatic carbocycles. The van der Waals surface area contributed by atoms with Gasteiger partial charge < -0.3 is 4.74 Å². The summed E-state index contributed by atoms with van der Waals surface area (Å²) in [5.74, 6) is 0. The molecule has 3 nitrogen and oxygen atoms in total. The summed E-state index contributed by atoms with van der Waals surface area (Å²) in [5, 5.41) is 0. The van der Waals surface area contributed by atoms with Gasteiger partial charge in [0.25, 0.3) is 0 Å². The summed E-state index contributed by atoms with van der Waals surface area (Å²) in [6, 6.07) is 0. The van der Waals surface area contributed by atoms with Crippen LogP contribution < -0.4 is 0 Å². The lowest BCUT2D eigenvalue weighted by Crippen LogP contribution is -2.21. The molecule has 0 rings (SSSR count). The summed E-state index contributed by atoms with van der Waals surface area (Å²) in [7, 11) is 1.69. The molecule has 0 amide bonds. The lowest BCUT2D eigenvalue weighted by molar-refractivity contribution is 0.156. The Hall–Kier alpha value is -0.130. The van der Waals surface area contributed by atoms with Gasteiger partial charge in [0, 0.05) is 12.8 Å². The second-order valence-corrected chi connectivity index (χ2v) is 3.00. The SMILES string of the molecule is CCC(OC(=O)I)C(C)=NC. The van der Waals surface area contributed by atoms with Crippen molar-refractivity contribution in [1.82, 2.24) is 0 Å². The number of carbonyl (C=O) groups excluding carboxylic acids is 1. The first-order chi connectivity index (χ1) is 5.11. The fourth-order valence-electron chi connectivity index (χ4n) is 0.720. The van der Waals surface area contributed by atoms with Gasteiger partial charge in [-0.05, 0) is 13.3 Å². The lowest BCUT2D eigenvalue weighted by Gasteiger charge is -2.12. The predicted octanol–water partition coefficient (Wildman–Crippen LogP) is 2.43. The number of aliphatic imine (C=N–C) groups is 1. The van der Waals surface area contributed by atoms with Crippen LogP contribution in [0.2, 0.25) is 0 Å². The molecular weight excluding hydrogens is 257 g/mol. The molecule has 4 heteroatoms. The van der Waals surface area contributed by atoms with Crippen LogP contribution in [0.25, 0.3) is 0 Å². The second-order valence-electron chi connectivity index (χ2n) is 2.12. The molecule has 1 atom stereocenters. The molecule has 0 aliphatic heterocycles.